The van der Waals surface area contributed by atoms with Crippen molar-refractivity contribution in [2.24, 2.45) is 0 Å². The molecule has 0 heterocycles. The average Bonchev–Trinajstić information content (AvgIpc) is 2.40. The fourth-order valence-electron chi connectivity index (χ4n) is 1.68. The quantitative estimate of drug-likeness (QED) is 0.695. The standard InChI is InChI=1S/C13H21FN2O3S/c1-4-13(17,5-2)8-16-20(18,19)12-7-11(15)9(3)6-10(12)14/h6-7,16-17H,4-5,8,15H2,1-3H3. The lowest BCUT2D eigenvalue weighted by Gasteiger charge is -2.25. The highest BCUT2D eigenvalue weighted by Crippen LogP contribution is 2.22. The number of aryl methyl sites for hydroxylation is 1. The van der Waals surface area contributed by atoms with Gasteiger partial charge in [-0.25, -0.2) is 17.5 Å². The Bertz CT molecular complexity index is 584. The van der Waals surface area contributed by atoms with Crippen LogP contribution in [0.15, 0.2) is 17.0 Å². The van der Waals surface area contributed by atoms with Crippen molar-refractivity contribution in [2.75, 3.05) is 12.3 Å². The number of rotatable bonds is 6. The zero-order valence-corrected chi connectivity index (χ0v) is 12.7. The molecule has 0 unspecified atom stereocenters. The van der Waals surface area contributed by atoms with Crippen molar-refractivity contribution >= 4 is 15.7 Å². The first-order valence-corrected chi connectivity index (χ1v) is 7.91. The van der Waals surface area contributed by atoms with E-state index in [2.05, 4.69) is 4.72 Å². The molecule has 0 aliphatic heterocycles. The predicted molar refractivity (Wildman–Crippen MR) is 76.3 cm³/mol. The van der Waals surface area contributed by atoms with Crippen LogP contribution < -0.4 is 10.5 Å². The summed E-state index contributed by atoms with van der Waals surface area (Å²) in [6.45, 7) is 4.93. The molecule has 114 valence electrons. The Kier molecular flexibility index (Phi) is 5.12. The van der Waals surface area contributed by atoms with Gasteiger partial charge in [-0.05, 0) is 37.5 Å². The molecular formula is C13H21FN2O3S. The summed E-state index contributed by atoms with van der Waals surface area (Å²) < 4.78 is 40.2. The number of halogens is 1. The largest absolute Gasteiger partial charge is 0.398 e. The summed E-state index contributed by atoms with van der Waals surface area (Å²) in [5.74, 6) is -0.860. The van der Waals surface area contributed by atoms with Gasteiger partial charge in [0.1, 0.15) is 10.7 Å². The van der Waals surface area contributed by atoms with Crippen LogP contribution in [-0.2, 0) is 10.0 Å². The normalized spacial score (nSPS) is 12.7. The molecule has 0 aliphatic rings. The summed E-state index contributed by atoms with van der Waals surface area (Å²) >= 11 is 0. The lowest BCUT2D eigenvalue weighted by molar-refractivity contribution is 0.0377. The first kappa shape index (κ1) is 16.9. The van der Waals surface area contributed by atoms with Gasteiger partial charge in [-0.1, -0.05) is 13.8 Å². The maximum atomic E-state index is 13.8. The van der Waals surface area contributed by atoms with Crippen LogP contribution in [0.2, 0.25) is 0 Å². The fraction of sp³-hybridized carbons (Fsp3) is 0.538. The number of anilines is 1. The van der Waals surface area contributed by atoms with Gasteiger partial charge in [0.05, 0.1) is 5.60 Å². The zero-order valence-electron chi connectivity index (χ0n) is 11.9. The molecule has 0 amide bonds. The number of nitrogens with two attached hydrogens (primary N) is 1. The van der Waals surface area contributed by atoms with Gasteiger partial charge in [0.2, 0.25) is 10.0 Å². The lowest BCUT2D eigenvalue weighted by atomic mass is 9.98. The molecule has 0 aromatic heterocycles. The van der Waals surface area contributed by atoms with Gasteiger partial charge in [-0.15, -0.1) is 0 Å². The number of nitrogen functional groups attached to an aromatic ring is 1. The lowest BCUT2D eigenvalue weighted by Crippen LogP contribution is -2.42. The van der Waals surface area contributed by atoms with E-state index in [9.17, 15) is 17.9 Å². The van der Waals surface area contributed by atoms with Gasteiger partial charge in [-0.3, -0.25) is 0 Å². The Labute approximate surface area is 119 Å². The van der Waals surface area contributed by atoms with Crippen LogP contribution in [0.1, 0.15) is 32.3 Å². The number of hydrogen-bond acceptors (Lipinski definition) is 4. The van der Waals surface area contributed by atoms with Gasteiger partial charge in [-0.2, -0.15) is 0 Å². The molecule has 7 heteroatoms. The summed E-state index contributed by atoms with van der Waals surface area (Å²) in [6, 6.07) is 2.17. The summed E-state index contributed by atoms with van der Waals surface area (Å²) in [7, 11) is -4.05. The van der Waals surface area contributed by atoms with E-state index >= 15 is 0 Å². The predicted octanol–water partition coefficient (Wildman–Crippen LogP) is 1.55. The maximum Gasteiger partial charge on any atom is 0.243 e. The van der Waals surface area contributed by atoms with E-state index in [0.717, 1.165) is 12.1 Å². The summed E-state index contributed by atoms with van der Waals surface area (Å²) in [4.78, 5) is -0.504. The third kappa shape index (κ3) is 3.68. The highest BCUT2D eigenvalue weighted by atomic mass is 32.2. The van der Waals surface area contributed by atoms with E-state index in [1.807, 2.05) is 0 Å². The number of benzene rings is 1. The molecule has 1 aromatic carbocycles. The first-order valence-electron chi connectivity index (χ1n) is 6.43. The average molecular weight is 304 g/mol. The summed E-state index contributed by atoms with van der Waals surface area (Å²) in [6.07, 6.45) is 0.787. The summed E-state index contributed by atoms with van der Waals surface area (Å²) in [5.41, 5.74) is 5.15. The molecular weight excluding hydrogens is 283 g/mol. The third-order valence-electron chi connectivity index (χ3n) is 3.52. The highest BCUT2D eigenvalue weighted by molar-refractivity contribution is 7.89. The Balaban J connectivity index is 3.04. The van der Waals surface area contributed by atoms with Crippen molar-refractivity contribution in [3.8, 4) is 0 Å². The van der Waals surface area contributed by atoms with E-state index in [-0.39, 0.29) is 12.2 Å². The molecule has 20 heavy (non-hydrogen) atoms. The van der Waals surface area contributed by atoms with Crippen molar-refractivity contribution in [1.29, 1.82) is 0 Å². The molecule has 1 aromatic rings. The Hall–Kier alpha value is -1.18. The Morgan fingerprint density at radius 3 is 2.40 bits per heavy atom. The minimum Gasteiger partial charge on any atom is -0.398 e. The van der Waals surface area contributed by atoms with E-state index in [4.69, 9.17) is 5.73 Å². The van der Waals surface area contributed by atoms with Gasteiger partial charge in [0.25, 0.3) is 0 Å². The number of sulfonamides is 1. The van der Waals surface area contributed by atoms with Gasteiger partial charge in [0.15, 0.2) is 0 Å². The second-order valence-corrected chi connectivity index (χ2v) is 6.63. The number of aliphatic hydroxyl groups is 1. The molecule has 0 saturated heterocycles. The van der Waals surface area contributed by atoms with Gasteiger partial charge in [0, 0.05) is 12.2 Å². The number of nitrogens with one attached hydrogen (secondary N) is 1. The fourth-order valence-corrected chi connectivity index (χ4v) is 2.89. The molecule has 0 atom stereocenters. The minimum atomic E-state index is -4.05. The highest BCUT2D eigenvalue weighted by Gasteiger charge is 2.27. The Morgan fingerprint density at radius 2 is 1.90 bits per heavy atom. The second-order valence-electron chi connectivity index (χ2n) is 4.90. The molecule has 5 nitrogen and oxygen atoms in total. The van der Waals surface area contributed by atoms with Crippen LogP contribution in [0.3, 0.4) is 0 Å². The second kappa shape index (κ2) is 6.07. The van der Waals surface area contributed by atoms with Crippen LogP contribution >= 0.6 is 0 Å². The van der Waals surface area contributed by atoms with Crippen molar-refractivity contribution in [3.05, 3.63) is 23.5 Å². The van der Waals surface area contributed by atoms with Crippen LogP contribution in [0, 0.1) is 12.7 Å². The topological polar surface area (TPSA) is 92.4 Å². The first-order chi connectivity index (χ1) is 9.15. The zero-order chi connectivity index (χ0) is 15.6. The molecule has 1 rings (SSSR count). The summed E-state index contributed by atoms with van der Waals surface area (Å²) in [5, 5.41) is 10.1. The van der Waals surface area contributed by atoms with Crippen LogP contribution in [0.4, 0.5) is 10.1 Å². The molecule has 0 fully saturated rings. The smallest absolute Gasteiger partial charge is 0.243 e. The van der Waals surface area contributed by atoms with Crippen molar-refractivity contribution in [3.63, 3.8) is 0 Å². The van der Waals surface area contributed by atoms with Gasteiger partial charge < -0.3 is 10.8 Å². The molecule has 0 saturated carbocycles. The molecule has 0 spiro atoms. The van der Waals surface area contributed by atoms with Crippen molar-refractivity contribution < 1.29 is 17.9 Å². The molecule has 0 aliphatic carbocycles. The van der Waals surface area contributed by atoms with Crippen molar-refractivity contribution in [1.82, 2.24) is 4.72 Å². The number of hydrogen-bond donors (Lipinski definition) is 3. The van der Waals surface area contributed by atoms with E-state index < -0.39 is 26.3 Å². The van der Waals surface area contributed by atoms with E-state index in [0.29, 0.717) is 18.4 Å². The minimum absolute atomic E-state index is 0.171. The van der Waals surface area contributed by atoms with Gasteiger partial charge >= 0.3 is 0 Å². The molecule has 0 radical (unpaired) electrons. The Morgan fingerprint density at radius 1 is 1.35 bits per heavy atom. The maximum absolute atomic E-state index is 13.8. The SMILES string of the molecule is CCC(O)(CC)CNS(=O)(=O)c1cc(N)c(C)cc1F. The molecule has 4 N–H and O–H groups in total. The van der Waals surface area contributed by atoms with Crippen LogP contribution in [-0.4, -0.2) is 25.7 Å². The van der Waals surface area contributed by atoms with Crippen molar-refractivity contribution in [2.45, 2.75) is 44.1 Å². The van der Waals surface area contributed by atoms with E-state index in [1.54, 1.807) is 20.8 Å². The van der Waals surface area contributed by atoms with Crippen LogP contribution in [0.25, 0.3) is 0 Å². The third-order valence-corrected chi connectivity index (χ3v) is 4.93. The molecule has 0 bridgehead atoms. The van der Waals surface area contributed by atoms with Crippen LogP contribution in [0.5, 0.6) is 0 Å². The van der Waals surface area contributed by atoms with E-state index in [1.165, 1.54) is 0 Å². The monoisotopic (exact) mass is 304 g/mol.